The van der Waals surface area contributed by atoms with Crippen molar-refractivity contribution in [2.75, 3.05) is 19.7 Å². The van der Waals surface area contributed by atoms with E-state index in [-0.39, 0.29) is 18.4 Å². The average molecular weight is 540 g/mol. The molecular weight excluding hydrogens is 507 g/mol. The first-order chi connectivity index (χ1) is 17.5. The van der Waals surface area contributed by atoms with Gasteiger partial charge < -0.3 is 10.1 Å². The quantitative estimate of drug-likeness (QED) is 0.520. The summed E-state index contributed by atoms with van der Waals surface area (Å²) in [5.74, 6) is 0.374. The smallest absolute Gasteiger partial charge is 0.416 e. The van der Waals surface area contributed by atoms with Gasteiger partial charge in [0.15, 0.2) is 0 Å². The fourth-order valence-electron chi connectivity index (χ4n) is 4.80. The van der Waals surface area contributed by atoms with E-state index in [2.05, 4.69) is 14.9 Å². The molecule has 1 saturated heterocycles. The number of halogens is 3. The molecule has 0 saturated carbocycles. The van der Waals surface area contributed by atoms with E-state index in [1.165, 1.54) is 26.2 Å². The summed E-state index contributed by atoms with van der Waals surface area (Å²) in [5.41, 5.74) is 0.975. The van der Waals surface area contributed by atoms with Gasteiger partial charge in [0.2, 0.25) is 15.9 Å². The number of sulfonamides is 1. The van der Waals surface area contributed by atoms with E-state index in [9.17, 15) is 26.4 Å². The summed E-state index contributed by atoms with van der Waals surface area (Å²) in [5, 5.41) is 2.95. The molecule has 0 bridgehead atoms. The lowest BCUT2D eigenvalue weighted by atomic mass is 9.98. The molecule has 0 spiro atoms. The average Bonchev–Trinajstić information content (AvgIpc) is 2.84. The van der Waals surface area contributed by atoms with Gasteiger partial charge in [-0.05, 0) is 62.7 Å². The van der Waals surface area contributed by atoms with Crippen molar-refractivity contribution in [3.05, 3.63) is 59.2 Å². The lowest BCUT2D eigenvalue weighted by Gasteiger charge is -2.29. The number of likely N-dealkylation sites (tertiary alicyclic amines) is 1. The van der Waals surface area contributed by atoms with Crippen LogP contribution >= 0.6 is 0 Å². The van der Waals surface area contributed by atoms with E-state index in [1.807, 2.05) is 18.2 Å². The number of nitrogens with one attached hydrogen (secondary N) is 2. The van der Waals surface area contributed by atoms with E-state index in [0.717, 1.165) is 54.7 Å². The van der Waals surface area contributed by atoms with Crippen LogP contribution in [-0.2, 0) is 27.5 Å². The van der Waals surface area contributed by atoms with Gasteiger partial charge in [-0.3, -0.25) is 9.69 Å². The number of fused-ring (bicyclic) bond motifs is 1. The first-order valence-corrected chi connectivity index (χ1v) is 14.0. The van der Waals surface area contributed by atoms with Crippen molar-refractivity contribution < 1.29 is 31.1 Å². The summed E-state index contributed by atoms with van der Waals surface area (Å²) in [4.78, 5) is 14.6. The number of rotatable bonds is 8. The van der Waals surface area contributed by atoms with Crippen molar-refractivity contribution in [2.45, 2.75) is 68.7 Å². The lowest BCUT2D eigenvalue weighted by molar-refractivity contribution is -0.137. The minimum Gasteiger partial charge on any atom is -0.493 e. The van der Waals surface area contributed by atoms with E-state index >= 15 is 0 Å². The van der Waals surface area contributed by atoms with Gasteiger partial charge in [-0.1, -0.05) is 24.6 Å². The molecular formula is C26H32F3N3O4S. The van der Waals surface area contributed by atoms with Gasteiger partial charge in [0.05, 0.1) is 23.1 Å². The van der Waals surface area contributed by atoms with Crippen LogP contribution in [0.2, 0.25) is 0 Å². The predicted octanol–water partition coefficient (Wildman–Crippen LogP) is 4.39. The highest BCUT2D eigenvalue weighted by Crippen LogP contribution is 2.34. The third kappa shape index (κ3) is 7.24. The Morgan fingerprint density at radius 2 is 1.89 bits per heavy atom. The zero-order chi connectivity index (χ0) is 26.6. The Kier molecular flexibility index (Phi) is 8.45. The van der Waals surface area contributed by atoms with Crippen LogP contribution in [0.1, 0.15) is 61.8 Å². The van der Waals surface area contributed by atoms with E-state index in [1.54, 1.807) is 0 Å². The number of ether oxygens (including phenoxy) is 1. The van der Waals surface area contributed by atoms with Gasteiger partial charge in [-0.25, -0.2) is 13.1 Å². The Morgan fingerprint density at radius 1 is 1.14 bits per heavy atom. The summed E-state index contributed by atoms with van der Waals surface area (Å²) in [6, 6.07) is 8.45. The second-order valence-corrected chi connectivity index (χ2v) is 11.4. The van der Waals surface area contributed by atoms with Gasteiger partial charge in [-0.15, -0.1) is 0 Å². The molecule has 2 heterocycles. The molecule has 1 unspecified atom stereocenters. The van der Waals surface area contributed by atoms with Crippen LogP contribution in [0.25, 0.3) is 0 Å². The highest BCUT2D eigenvalue weighted by molar-refractivity contribution is 7.89. The predicted molar refractivity (Wildman–Crippen MR) is 132 cm³/mol. The van der Waals surface area contributed by atoms with Crippen molar-refractivity contribution in [1.29, 1.82) is 0 Å². The molecule has 202 valence electrons. The third-order valence-electron chi connectivity index (χ3n) is 6.63. The van der Waals surface area contributed by atoms with Crippen molar-refractivity contribution in [3.8, 4) is 5.75 Å². The number of carbonyl (C=O) groups is 1. The third-order valence-corrected chi connectivity index (χ3v) is 8.21. The lowest BCUT2D eigenvalue weighted by Crippen LogP contribution is -2.39. The molecule has 2 aromatic carbocycles. The van der Waals surface area contributed by atoms with Crippen molar-refractivity contribution in [1.82, 2.24) is 14.9 Å². The SMILES string of the molecule is C[C@@H](CC(=O)NC1CCOc2cc(CN3CCCCC3)ccc21)NS(=O)(=O)c1cccc(C(F)(F)F)c1. The van der Waals surface area contributed by atoms with Gasteiger partial charge in [0.25, 0.3) is 0 Å². The molecule has 1 fully saturated rings. The summed E-state index contributed by atoms with van der Waals surface area (Å²) in [7, 11) is -4.24. The zero-order valence-corrected chi connectivity index (χ0v) is 21.5. The Morgan fingerprint density at radius 3 is 2.62 bits per heavy atom. The zero-order valence-electron chi connectivity index (χ0n) is 20.7. The number of amides is 1. The largest absolute Gasteiger partial charge is 0.493 e. The number of nitrogens with zero attached hydrogens (tertiary/aromatic N) is 1. The summed E-state index contributed by atoms with van der Waals surface area (Å²) in [6.45, 7) is 4.98. The Bertz CT molecular complexity index is 1210. The second-order valence-electron chi connectivity index (χ2n) is 9.72. The normalized spacial score (nSPS) is 19.5. The minimum absolute atomic E-state index is 0.169. The molecule has 1 amide bonds. The van der Waals surface area contributed by atoms with E-state index < -0.39 is 32.7 Å². The maximum atomic E-state index is 13.0. The summed E-state index contributed by atoms with van der Waals surface area (Å²) >= 11 is 0. The molecule has 2 aliphatic rings. The number of carbonyl (C=O) groups excluding carboxylic acids is 1. The number of hydrogen-bond acceptors (Lipinski definition) is 5. The van der Waals surface area contributed by atoms with Gasteiger partial charge >= 0.3 is 6.18 Å². The fraction of sp³-hybridized carbons (Fsp3) is 0.500. The molecule has 7 nitrogen and oxygen atoms in total. The van der Waals surface area contributed by atoms with Crippen LogP contribution in [0.15, 0.2) is 47.4 Å². The minimum atomic E-state index is -4.66. The first-order valence-electron chi connectivity index (χ1n) is 12.5. The molecule has 0 aromatic heterocycles. The topological polar surface area (TPSA) is 87.7 Å². The van der Waals surface area contributed by atoms with Gasteiger partial charge in [0.1, 0.15) is 5.75 Å². The molecule has 0 radical (unpaired) electrons. The molecule has 2 aromatic rings. The van der Waals surface area contributed by atoms with Crippen LogP contribution in [0.4, 0.5) is 13.2 Å². The summed E-state index contributed by atoms with van der Waals surface area (Å²) < 4.78 is 72.3. The Labute approximate surface area is 215 Å². The molecule has 2 N–H and O–H groups in total. The molecule has 2 atom stereocenters. The van der Waals surface area contributed by atoms with Crippen molar-refractivity contribution in [3.63, 3.8) is 0 Å². The highest BCUT2D eigenvalue weighted by Gasteiger charge is 2.32. The van der Waals surface area contributed by atoms with E-state index in [4.69, 9.17) is 4.74 Å². The molecule has 2 aliphatic heterocycles. The molecule has 37 heavy (non-hydrogen) atoms. The van der Waals surface area contributed by atoms with E-state index in [0.29, 0.717) is 19.1 Å². The van der Waals surface area contributed by atoms with Crippen LogP contribution in [0.5, 0.6) is 5.75 Å². The van der Waals surface area contributed by atoms with Crippen LogP contribution in [0.3, 0.4) is 0 Å². The van der Waals surface area contributed by atoms with Crippen molar-refractivity contribution >= 4 is 15.9 Å². The maximum absolute atomic E-state index is 13.0. The van der Waals surface area contributed by atoms with Crippen LogP contribution in [0, 0.1) is 0 Å². The number of piperidine rings is 1. The standard InChI is InChI=1S/C26H32F3N3O4S/c1-18(31-37(34,35)21-7-5-6-20(16-21)26(27,28)29)14-25(33)30-23-10-13-36-24-15-19(8-9-22(23)24)17-32-11-3-2-4-12-32/h5-9,15-16,18,23,31H,2-4,10-14,17H2,1H3,(H,30,33)/t18-,23?/m0/s1. The molecule has 0 aliphatic carbocycles. The Hall–Kier alpha value is -2.63. The van der Waals surface area contributed by atoms with Crippen LogP contribution < -0.4 is 14.8 Å². The fourth-order valence-corrected chi connectivity index (χ4v) is 6.09. The monoisotopic (exact) mass is 539 g/mol. The maximum Gasteiger partial charge on any atom is 0.416 e. The first kappa shape index (κ1) is 27.4. The van der Waals surface area contributed by atoms with Gasteiger partial charge in [-0.2, -0.15) is 13.2 Å². The number of alkyl halides is 3. The Balaban J connectivity index is 1.35. The highest BCUT2D eigenvalue weighted by atomic mass is 32.2. The van der Waals surface area contributed by atoms with Crippen molar-refractivity contribution in [2.24, 2.45) is 0 Å². The molecule has 4 rings (SSSR count). The molecule has 11 heteroatoms. The van der Waals surface area contributed by atoms with Crippen LogP contribution in [-0.4, -0.2) is 45.0 Å². The number of benzene rings is 2. The second kappa shape index (κ2) is 11.4. The number of hydrogen-bond donors (Lipinski definition) is 2. The summed E-state index contributed by atoms with van der Waals surface area (Å²) in [6.07, 6.45) is -0.553. The van der Waals surface area contributed by atoms with Gasteiger partial charge in [0, 0.05) is 31.0 Å².